The van der Waals surface area contributed by atoms with Crippen LogP contribution in [0.3, 0.4) is 0 Å². The summed E-state index contributed by atoms with van der Waals surface area (Å²) in [5.74, 6) is 0.898. The third-order valence-electron chi connectivity index (χ3n) is 3.09. The highest BCUT2D eigenvalue weighted by atomic mass is 15.0. The first-order chi connectivity index (χ1) is 9.90. The molecule has 0 bridgehead atoms. The smallest absolute Gasteiger partial charge is 0.126 e. The molecule has 20 heavy (non-hydrogen) atoms. The topological polar surface area (TPSA) is 42.7 Å². The van der Waals surface area contributed by atoms with Crippen molar-refractivity contribution in [2.24, 2.45) is 0 Å². The lowest BCUT2D eigenvalue weighted by molar-refractivity contribution is 0.797. The van der Waals surface area contributed by atoms with Crippen LogP contribution < -0.4 is 5.32 Å². The molecule has 2 aromatic heterocycles. The SMILES string of the molecule is c1ccc(NCc2ccc(Cn3ccnc3)cc2)nc1. The summed E-state index contributed by atoms with van der Waals surface area (Å²) in [4.78, 5) is 8.28. The number of imidazole rings is 1. The largest absolute Gasteiger partial charge is 0.366 e. The van der Waals surface area contributed by atoms with Gasteiger partial charge in [0.15, 0.2) is 0 Å². The van der Waals surface area contributed by atoms with Crippen molar-refractivity contribution in [3.05, 3.63) is 78.5 Å². The molecule has 4 nitrogen and oxygen atoms in total. The quantitative estimate of drug-likeness (QED) is 0.770. The normalized spacial score (nSPS) is 10.4. The lowest BCUT2D eigenvalue weighted by atomic mass is 10.1. The van der Waals surface area contributed by atoms with Crippen molar-refractivity contribution in [2.75, 3.05) is 5.32 Å². The lowest BCUT2D eigenvalue weighted by Crippen LogP contribution is -2.01. The summed E-state index contributed by atoms with van der Waals surface area (Å²) in [6.45, 7) is 1.64. The lowest BCUT2D eigenvalue weighted by Gasteiger charge is -2.07. The molecule has 3 aromatic rings. The first-order valence-corrected chi connectivity index (χ1v) is 6.58. The van der Waals surface area contributed by atoms with Gasteiger partial charge in [0.05, 0.1) is 6.33 Å². The zero-order valence-electron chi connectivity index (χ0n) is 11.1. The molecule has 0 aliphatic heterocycles. The standard InChI is InChI=1S/C16H16N4/c1-2-8-18-16(3-1)19-11-14-4-6-15(7-5-14)12-20-10-9-17-13-20/h1-10,13H,11-12H2,(H,18,19). The molecule has 0 aliphatic rings. The molecular weight excluding hydrogens is 248 g/mol. The van der Waals surface area contributed by atoms with Gasteiger partial charge in [0.25, 0.3) is 0 Å². The van der Waals surface area contributed by atoms with Gasteiger partial charge in [-0.1, -0.05) is 30.3 Å². The molecule has 0 saturated carbocycles. The average molecular weight is 264 g/mol. The van der Waals surface area contributed by atoms with Gasteiger partial charge >= 0.3 is 0 Å². The molecule has 1 N–H and O–H groups in total. The second-order valence-corrected chi connectivity index (χ2v) is 4.62. The van der Waals surface area contributed by atoms with E-state index in [0.29, 0.717) is 0 Å². The summed E-state index contributed by atoms with van der Waals surface area (Å²) in [5, 5.41) is 3.30. The highest BCUT2D eigenvalue weighted by Crippen LogP contribution is 2.09. The zero-order chi connectivity index (χ0) is 13.6. The Kier molecular flexibility index (Phi) is 3.73. The molecule has 0 aliphatic carbocycles. The Labute approximate surface area is 118 Å². The summed E-state index contributed by atoms with van der Waals surface area (Å²) in [5.41, 5.74) is 2.51. The summed E-state index contributed by atoms with van der Waals surface area (Å²) >= 11 is 0. The number of benzene rings is 1. The fraction of sp³-hybridized carbons (Fsp3) is 0.125. The Morgan fingerprint density at radius 1 is 0.950 bits per heavy atom. The first kappa shape index (κ1) is 12.4. The summed E-state index contributed by atoms with van der Waals surface area (Å²) in [7, 11) is 0. The van der Waals surface area contributed by atoms with E-state index < -0.39 is 0 Å². The van der Waals surface area contributed by atoms with Gasteiger partial charge in [-0.15, -0.1) is 0 Å². The number of nitrogens with one attached hydrogen (secondary N) is 1. The molecule has 0 radical (unpaired) electrons. The molecule has 3 rings (SSSR count). The maximum atomic E-state index is 4.24. The number of hydrogen-bond donors (Lipinski definition) is 1. The van der Waals surface area contributed by atoms with Gasteiger partial charge in [0.2, 0.25) is 0 Å². The Morgan fingerprint density at radius 3 is 2.50 bits per heavy atom. The minimum absolute atomic E-state index is 0.780. The molecule has 1 aromatic carbocycles. The van der Waals surface area contributed by atoms with Crippen molar-refractivity contribution in [1.29, 1.82) is 0 Å². The van der Waals surface area contributed by atoms with Gasteiger partial charge in [-0.05, 0) is 23.3 Å². The number of anilines is 1. The van der Waals surface area contributed by atoms with Crippen LogP contribution in [0, 0.1) is 0 Å². The second-order valence-electron chi connectivity index (χ2n) is 4.62. The van der Waals surface area contributed by atoms with Crippen LogP contribution in [0.25, 0.3) is 0 Å². The fourth-order valence-electron chi connectivity index (χ4n) is 2.01. The monoisotopic (exact) mass is 264 g/mol. The summed E-state index contributed by atoms with van der Waals surface area (Å²) < 4.78 is 2.06. The van der Waals surface area contributed by atoms with Crippen LogP contribution in [0.15, 0.2) is 67.4 Å². The third kappa shape index (κ3) is 3.23. The molecule has 0 saturated heterocycles. The minimum atomic E-state index is 0.780. The van der Waals surface area contributed by atoms with Crippen molar-refractivity contribution >= 4 is 5.82 Å². The van der Waals surface area contributed by atoms with Crippen LogP contribution in [0.2, 0.25) is 0 Å². The molecule has 2 heterocycles. The van der Waals surface area contributed by atoms with E-state index in [1.807, 2.05) is 30.7 Å². The summed E-state index contributed by atoms with van der Waals surface area (Å²) in [6.07, 6.45) is 7.38. The number of aromatic nitrogens is 3. The van der Waals surface area contributed by atoms with E-state index in [1.165, 1.54) is 11.1 Å². The molecule has 0 amide bonds. The van der Waals surface area contributed by atoms with Gasteiger partial charge in [-0.3, -0.25) is 0 Å². The Bertz CT molecular complexity index is 630. The van der Waals surface area contributed by atoms with Gasteiger partial charge in [-0.25, -0.2) is 9.97 Å². The highest BCUT2D eigenvalue weighted by molar-refractivity contribution is 5.35. The van der Waals surface area contributed by atoms with Crippen LogP contribution in [0.1, 0.15) is 11.1 Å². The maximum absolute atomic E-state index is 4.24. The molecule has 0 atom stereocenters. The predicted molar refractivity (Wildman–Crippen MR) is 79.3 cm³/mol. The Morgan fingerprint density at radius 2 is 1.80 bits per heavy atom. The number of pyridine rings is 1. The Hall–Kier alpha value is -2.62. The van der Waals surface area contributed by atoms with Gasteiger partial charge in [0.1, 0.15) is 5.82 Å². The van der Waals surface area contributed by atoms with Crippen molar-refractivity contribution < 1.29 is 0 Å². The van der Waals surface area contributed by atoms with Crippen molar-refractivity contribution in [3.63, 3.8) is 0 Å². The van der Waals surface area contributed by atoms with E-state index in [9.17, 15) is 0 Å². The van der Waals surface area contributed by atoms with Crippen molar-refractivity contribution in [2.45, 2.75) is 13.1 Å². The Balaban J connectivity index is 1.59. The van der Waals surface area contributed by atoms with E-state index in [0.717, 1.165) is 18.9 Å². The third-order valence-corrected chi connectivity index (χ3v) is 3.09. The zero-order valence-corrected chi connectivity index (χ0v) is 11.1. The maximum Gasteiger partial charge on any atom is 0.126 e. The second kappa shape index (κ2) is 6.02. The van der Waals surface area contributed by atoms with Gasteiger partial charge < -0.3 is 9.88 Å². The number of hydrogen-bond acceptors (Lipinski definition) is 3. The molecule has 100 valence electrons. The van der Waals surface area contributed by atoms with Crippen LogP contribution in [0.4, 0.5) is 5.82 Å². The molecule has 0 spiro atoms. The van der Waals surface area contributed by atoms with E-state index in [1.54, 1.807) is 12.4 Å². The summed E-state index contributed by atoms with van der Waals surface area (Å²) in [6, 6.07) is 14.4. The van der Waals surface area contributed by atoms with Crippen LogP contribution in [0.5, 0.6) is 0 Å². The average Bonchev–Trinajstić information content (AvgIpc) is 3.01. The minimum Gasteiger partial charge on any atom is -0.366 e. The van der Waals surface area contributed by atoms with Gasteiger partial charge in [-0.2, -0.15) is 0 Å². The van der Waals surface area contributed by atoms with Crippen LogP contribution >= 0.6 is 0 Å². The molecule has 0 fully saturated rings. The van der Waals surface area contributed by atoms with E-state index in [-0.39, 0.29) is 0 Å². The van der Waals surface area contributed by atoms with Crippen LogP contribution in [-0.4, -0.2) is 14.5 Å². The van der Waals surface area contributed by atoms with Crippen LogP contribution in [-0.2, 0) is 13.1 Å². The predicted octanol–water partition coefficient (Wildman–Crippen LogP) is 2.94. The fourth-order valence-corrected chi connectivity index (χ4v) is 2.01. The van der Waals surface area contributed by atoms with Crippen molar-refractivity contribution in [1.82, 2.24) is 14.5 Å². The highest BCUT2D eigenvalue weighted by Gasteiger charge is 1.97. The van der Waals surface area contributed by atoms with E-state index >= 15 is 0 Å². The van der Waals surface area contributed by atoms with E-state index in [4.69, 9.17) is 0 Å². The number of rotatable bonds is 5. The number of nitrogens with zero attached hydrogens (tertiary/aromatic N) is 3. The molecule has 0 unspecified atom stereocenters. The van der Waals surface area contributed by atoms with E-state index in [2.05, 4.69) is 44.1 Å². The molecule has 4 heteroatoms. The molecular formula is C16H16N4. The van der Waals surface area contributed by atoms with Gasteiger partial charge in [0, 0.05) is 31.7 Å². The van der Waals surface area contributed by atoms with Crippen molar-refractivity contribution in [3.8, 4) is 0 Å². The first-order valence-electron chi connectivity index (χ1n) is 6.58.